The van der Waals surface area contributed by atoms with E-state index in [-0.39, 0.29) is 0 Å². The Hall–Kier alpha value is -2.96. The molecule has 7 heteroatoms. The standard InChI is InChI=1S/C16H17N5O2/c1-11-2-7-20-21(11)9-8-18-13-14(16(23)15(13)22)19-10-12-3-5-17-6-4-12/h2-7,18-19H,8-10H2,1H3. The zero-order valence-corrected chi connectivity index (χ0v) is 12.7. The van der Waals surface area contributed by atoms with Crippen LogP contribution in [0.3, 0.4) is 0 Å². The van der Waals surface area contributed by atoms with Gasteiger partial charge in [-0.25, -0.2) is 0 Å². The monoisotopic (exact) mass is 311 g/mol. The lowest BCUT2D eigenvalue weighted by molar-refractivity contribution is 0.619. The van der Waals surface area contributed by atoms with Crippen LogP contribution in [0.2, 0.25) is 0 Å². The third-order valence-electron chi connectivity index (χ3n) is 3.68. The van der Waals surface area contributed by atoms with Crippen LogP contribution in [0.15, 0.2) is 46.4 Å². The minimum atomic E-state index is -0.475. The SMILES string of the molecule is Cc1ccnn1CCNc1c(NCc2ccncc2)c(=O)c1=O. The second-order valence-electron chi connectivity index (χ2n) is 5.24. The fourth-order valence-electron chi connectivity index (χ4n) is 2.34. The van der Waals surface area contributed by atoms with E-state index in [1.54, 1.807) is 18.6 Å². The number of pyridine rings is 1. The lowest BCUT2D eigenvalue weighted by Gasteiger charge is -2.15. The molecular weight excluding hydrogens is 294 g/mol. The molecule has 0 fully saturated rings. The molecule has 0 spiro atoms. The molecule has 0 saturated carbocycles. The molecule has 0 amide bonds. The van der Waals surface area contributed by atoms with Gasteiger partial charge in [0.15, 0.2) is 0 Å². The first-order valence-electron chi connectivity index (χ1n) is 7.35. The maximum Gasteiger partial charge on any atom is 0.253 e. The number of aromatic nitrogens is 3. The first kappa shape index (κ1) is 15.0. The maximum absolute atomic E-state index is 11.7. The summed E-state index contributed by atoms with van der Waals surface area (Å²) in [5, 5.41) is 10.2. The molecule has 2 heterocycles. The largest absolute Gasteiger partial charge is 0.378 e. The van der Waals surface area contributed by atoms with Crippen LogP contribution in [-0.4, -0.2) is 21.3 Å². The molecule has 2 N–H and O–H groups in total. The number of rotatable bonds is 7. The molecule has 0 radical (unpaired) electrons. The van der Waals surface area contributed by atoms with E-state index in [0.29, 0.717) is 31.0 Å². The van der Waals surface area contributed by atoms with Gasteiger partial charge in [0.05, 0.1) is 6.54 Å². The summed E-state index contributed by atoms with van der Waals surface area (Å²) in [6.07, 6.45) is 5.10. The van der Waals surface area contributed by atoms with Gasteiger partial charge in [0.1, 0.15) is 11.4 Å². The molecule has 7 nitrogen and oxygen atoms in total. The van der Waals surface area contributed by atoms with Crippen LogP contribution < -0.4 is 21.5 Å². The van der Waals surface area contributed by atoms with Gasteiger partial charge in [-0.15, -0.1) is 0 Å². The molecule has 0 unspecified atom stereocenters. The van der Waals surface area contributed by atoms with E-state index in [1.807, 2.05) is 29.8 Å². The zero-order chi connectivity index (χ0) is 16.2. The van der Waals surface area contributed by atoms with Gasteiger partial charge in [-0.2, -0.15) is 5.10 Å². The molecule has 1 aromatic carbocycles. The molecule has 0 atom stereocenters. The summed E-state index contributed by atoms with van der Waals surface area (Å²) in [6, 6.07) is 5.62. The van der Waals surface area contributed by atoms with Crippen LogP contribution in [0.4, 0.5) is 11.4 Å². The number of nitrogens with one attached hydrogen (secondary N) is 2. The van der Waals surface area contributed by atoms with Crippen molar-refractivity contribution in [3.05, 3.63) is 68.5 Å². The molecule has 0 saturated heterocycles. The van der Waals surface area contributed by atoms with Crippen molar-refractivity contribution in [2.45, 2.75) is 20.0 Å². The van der Waals surface area contributed by atoms with E-state index in [9.17, 15) is 9.59 Å². The van der Waals surface area contributed by atoms with Crippen molar-refractivity contribution in [2.75, 3.05) is 17.2 Å². The molecule has 23 heavy (non-hydrogen) atoms. The number of anilines is 2. The summed E-state index contributed by atoms with van der Waals surface area (Å²) in [6.45, 7) is 3.59. The minimum Gasteiger partial charge on any atom is -0.378 e. The molecule has 0 aliphatic carbocycles. The van der Waals surface area contributed by atoms with Gasteiger partial charge in [0, 0.05) is 37.4 Å². The van der Waals surface area contributed by atoms with Gasteiger partial charge in [0.25, 0.3) is 10.9 Å². The molecule has 0 bridgehead atoms. The Labute approximate surface area is 132 Å². The Kier molecular flexibility index (Phi) is 4.18. The van der Waals surface area contributed by atoms with Crippen molar-refractivity contribution in [2.24, 2.45) is 0 Å². The minimum absolute atomic E-state index is 0.351. The molecule has 0 aliphatic rings. The third kappa shape index (κ3) is 3.13. The second kappa shape index (κ2) is 6.43. The highest BCUT2D eigenvalue weighted by Gasteiger charge is 2.20. The Morgan fingerprint density at radius 2 is 1.70 bits per heavy atom. The van der Waals surface area contributed by atoms with Crippen LogP contribution in [0, 0.1) is 6.92 Å². The lowest BCUT2D eigenvalue weighted by atomic mass is 10.1. The van der Waals surface area contributed by atoms with E-state index in [1.165, 1.54) is 0 Å². The molecule has 0 aliphatic heterocycles. The zero-order valence-electron chi connectivity index (χ0n) is 12.7. The van der Waals surface area contributed by atoms with E-state index in [4.69, 9.17) is 0 Å². The second-order valence-corrected chi connectivity index (χ2v) is 5.24. The van der Waals surface area contributed by atoms with E-state index < -0.39 is 10.9 Å². The first-order valence-corrected chi connectivity index (χ1v) is 7.35. The highest BCUT2D eigenvalue weighted by Crippen LogP contribution is 2.15. The summed E-state index contributed by atoms with van der Waals surface area (Å²) >= 11 is 0. The maximum atomic E-state index is 11.7. The Balaban J connectivity index is 1.60. The Morgan fingerprint density at radius 3 is 2.35 bits per heavy atom. The average molecular weight is 311 g/mol. The van der Waals surface area contributed by atoms with Crippen LogP contribution in [-0.2, 0) is 13.1 Å². The van der Waals surface area contributed by atoms with Crippen LogP contribution >= 0.6 is 0 Å². The Morgan fingerprint density at radius 1 is 1.00 bits per heavy atom. The van der Waals surface area contributed by atoms with Crippen LogP contribution in [0.5, 0.6) is 0 Å². The molecule has 2 aromatic heterocycles. The third-order valence-corrected chi connectivity index (χ3v) is 3.68. The normalized spacial score (nSPS) is 10.8. The number of nitrogens with zero attached hydrogens (tertiary/aromatic N) is 3. The molecule has 3 rings (SSSR count). The summed E-state index contributed by atoms with van der Waals surface area (Å²) in [5.41, 5.74) is 1.80. The van der Waals surface area contributed by atoms with Crippen molar-refractivity contribution in [3.8, 4) is 0 Å². The van der Waals surface area contributed by atoms with Crippen molar-refractivity contribution < 1.29 is 0 Å². The first-order chi connectivity index (χ1) is 11.2. The predicted octanol–water partition coefficient (Wildman–Crippen LogP) is 0.907. The fourth-order valence-corrected chi connectivity index (χ4v) is 2.34. The number of hydrogen-bond acceptors (Lipinski definition) is 6. The fraction of sp³-hybridized carbons (Fsp3) is 0.250. The molecule has 3 aromatic rings. The number of aryl methyl sites for hydroxylation is 1. The van der Waals surface area contributed by atoms with Gasteiger partial charge in [-0.3, -0.25) is 19.3 Å². The smallest absolute Gasteiger partial charge is 0.253 e. The lowest BCUT2D eigenvalue weighted by Crippen LogP contribution is -2.37. The topological polar surface area (TPSA) is 88.9 Å². The average Bonchev–Trinajstić information content (AvgIpc) is 2.99. The van der Waals surface area contributed by atoms with Gasteiger partial charge in [-0.1, -0.05) is 0 Å². The van der Waals surface area contributed by atoms with E-state index >= 15 is 0 Å². The highest BCUT2D eigenvalue weighted by atomic mass is 16.2. The van der Waals surface area contributed by atoms with Crippen molar-refractivity contribution in [1.29, 1.82) is 0 Å². The Bertz CT molecular complexity index is 862. The van der Waals surface area contributed by atoms with Crippen molar-refractivity contribution in [3.63, 3.8) is 0 Å². The van der Waals surface area contributed by atoms with Crippen LogP contribution in [0.1, 0.15) is 11.3 Å². The summed E-state index contributed by atoms with van der Waals surface area (Å²) < 4.78 is 1.84. The summed E-state index contributed by atoms with van der Waals surface area (Å²) in [4.78, 5) is 27.3. The molecule has 118 valence electrons. The van der Waals surface area contributed by atoms with Crippen LogP contribution in [0.25, 0.3) is 0 Å². The number of hydrogen-bond donors (Lipinski definition) is 2. The van der Waals surface area contributed by atoms with Gasteiger partial charge >= 0.3 is 0 Å². The summed E-state index contributed by atoms with van der Waals surface area (Å²) in [7, 11) is 0. The van der Waals surface area contributed by atoms with Gasteiger partial charge in [-0.05, 0) is 30.7 Å². The van der Waals surface area contributed by atoms with E-state index in [0.717, 1.165) is 11.3 Å². The van der Waals surface area contributed by atoms with E-state index in [2.05, 4.69) is 20.7 Å². The van der Waals surface area contributed by atoms with Gasteiger partial charge < -0.3 is 10.6 Å². The van der Waals surface area contributed by atoms with Crippen molar-refractivity contribution in [1.82, 2.24) is 14.8 Å². The quantitative estimate of drug-likeness (QED) is 0.630. The highest BCUT2D eigenvalue weighted by molar-refractivity contribution is 5.73. The van der Waals surface area contributed by atoms with Gasteiger partial charge in [0.2, 0.25) is 0 Å². The predicted molar refractivity (Wildman–Crippen MR) is 88.4 cm³/mol. The summed E-state index contributed by atoms with van der Waals surface area (Å²) in [5.74, 6) is 0. The molecular formula is C16H17N5O2. The van der Waals surface area contributed by atoms with Crippen molar-refractivity contribution >= 4 is 11.4 Å².